The van der Waals surface area contributed by atoms with Crippen LogP contribution in [0.2, 0.25) is 0 Å². The van der Waals surface area contributed by atoms with Gasteiger partial charge in [0.25, 0.3) is 0 Å². The van der Waals surface area contributed by atoms with E-state index in [4.69, 9.17) is 5.11 Å². The summed E-state index contributed by atoms with van der Waals surface area (Å²) >= 11 is 0. The van der Waals surface area contributed by atoms with Gasteiger partial charge in [-0.2, -0.15) is 0 Å². The van der Waals surface area contributed by atoms with Crippen molar-refractivity contribution in [3.05, 3.63) is 59.4 Å². The molecule has 2 rings (SSSR count). The molecule has 1 heterocycles. The Morgan fingerprint density at radius 3 is 2.40 bits per heavy atom. The minimum absolute atomic E-state index is 0.165. The number of aromatic nitrogens is 1. The van der Waals surface area contributed by atoms with Gasteiger partial charge in [-0.25, -0.2) is 18.2 Å². The molecule has 1 aromatic heterocycles. The van der Waals surface area contributed by atoms with E-state index in [-0.39, 0.29) is 22.0 Å². The lowest BCUT2D eigenvalue weighted by atomic mass is 10.2. The number of nitrogens with zero attached hydrogens (tertiary/aromatic N) is 1. The van der Waals surface area contributed by atoms with Gasteiger partial charge in [0.2, 0.25) is 0 Å². The number of hydrogen-bond donors (Lipinski definition) is 1. The van der Waals surface area contributed by atoms with Crippen LogP contribution in [0.15, 0.2) is 47.4 Å². The van der Waals surface area contributed by atoms with Crippen molar-refractivity contribution in [2.45, 2.75) is 17.6 Å². The molecule has 2 aromatic rings. The molecule has 6 heteroatoms. The van der Waals surface area contributed by atoms with Gasteiger partial charge in [0, 0.05) is 0 Å². The highest BCUT2D eigenvalue weighted by atomic mass is 32.2. The van der Waals surface area contributed by atoms with Gasteiger partial charge in [-0.3, -0.25) is 0 Å². The molecule has 104 valence electrons. The van der Waals surface area contributed by atoms with E-state index in [1.165, 1.54) is 30.3 Å². The largest absolute Gasteiger partial charge is 0.477 e. The van der Waals surface area contributed by atoms with E-state index in [1.807, 2.05) is 6.92 Å². The third-order valence-corrected chi connectivity index (χ3v) is 4.41. The first-order valence-corrected chi connectivity index (χ1v) is 7.52. The van der Waals surface area contributed by atoms with Crippen LogP contribution in [0, 0.1) is 6.92 Å². The van der Waals surface area contributed by atoms with Gasteiger partial charge in [-0.05, 0) is 31.2 Å². The normalized spacial score (nSPS) is 11.2. The molecule has 0 spiro atoms. The van der Waals surface area contributed by atoms with Crippen LogP contribution in [0.4, 0.5) is 0 Å². The molecule has 5 nitrogen and oxygen atoms in total. The summed E-state index contributed by atoms with van der Waals surface area (Å²) in [7, 11) is -3.53. The molecule has 0 atom stereocenters. The van der Waals surface area contributed by atoms with Gasteiger partial charge < -0.3 is 5.11 Å². The third-order valence-electron chi connectivity index (χ3n) is 2.74. The monoisotopic (exact) mass is 291 g/mol. The van der Waals surface area contributed by atoms with E-state index in [0.717, 1.165) is 5.56 Å². The number of aryl methyl sites for hydroxylation is 1. The second-order valence-electron chi connectivity index (χ2n) is 4.39. The number of hydrogen-bond acceptors (Lipinski definition) is 4. The van der Waals surface area contributed by atoms with Gasteiger partial charge in [-0.1, -0.05) is 23.8 Å². The molecule has 0 aliphatic heterocycles. The molecule has 0 fully saturated rings. The van der Waals surface area contributed by atoms with E-state index >= 15 is 0 Å². The fraction of sp³-hybridized carbons (Fsp3) is 0.143. The third kappa shape index (κ3) is 3.21. The molecule has 0 aliphatic carbocycles. The Labute approximate surface area is 116 Å². The minimum Gasteiger partial charge on any atom is -0.477 e. The topological polar surface area (TPSA) is 84.3 Å². The molecular weight excluding hydrogens is 278 g/mol. The Morgan fingerprint density at radius 1 is 1.15 bits per heavy atom. The lowest BCUT2D eigenvalue weighted by Crippen LogP contribution is -2.09. The Hall–Kier alpha value is -2.21. The van der Waals surface area contributed by atoms with Crippen LogP contribution < -0.4 is 0 Å². The summed E-state index contributed by atoms with van der Waals surface area (Å²) in [5.41, 5.74) is 1.02. The van der Waals surface area contributed by atoms with Crippen molar-refractivity contribution in [3.8, 4) is 0 Å². The van der Waals surface area contributed by atoms with Gasteiger partial charge >= 0.3 is 5.97 Å². The molecule has 1 N–H and O–H groups in total. The van der Waals surface area contributed by atoms with Crippen LogP contribution in [-0.4, -0.2) is 24.5 Å². The number of carboxylic acids is 1. The van der Waals surface area contributed by atoms with E-state index in [2.05, 4.69) is 4.98 Å². The van der Waals surface area contributed by atoms with Gasteiger partial charge in [0.1, 0.15) is 5.69 Å². The zero-order valence-electron chi connectivity index (χ0n) is 10.8. The van der Waals surface area contributed by atoms with Crippen LogP contribution in [-0.2, 0) is 15.6 Å². The zero-order chi connectivity index (χ0) is 14.8. The molecule has 0 saturated heterocycles. The molecule has 0 radical (unpaired) electrons. The Kier molecular flexibility index (Phi) is 3.85. The van der Waals surface area contributed by atoms with Crippen LogP contribution >= 0.6 is 0 Å². The van der Waals surface area contributed by atoms with Crippen LogP contribution in [0.3, 0.4) is 0 Å². The summed E-state index contributed by atoms with van der Waals surface area (Å²) < 4.78 is 24.4. The number of aromatic carboxylic acids is 1. The number of carboxylic acid groups (broad SMARTS) is 1. The smallest absolute Gasteiger partial charge is 0.354 e. The number of benzene rings is 1. The van der Waals surface area contributed by atoms with Gasteiger partial charge in [-0.15, -0.1) is 0 Å². The maximum absolute atomic E-state index is 12.2. The molecule has 0 aliphatic rings. The summed E-state index contributed by atoms with van der Waals surface area (Å²) in [6.45, 7) is 1.87. The van der Waals surface area contributed by atoms with Crippen molar-refractivity contribution in [2.75, 3.05) is 0 Å². The SMILES string of the molecule is Cc1ccc(S(=O)(=O)Cc2cccc(C(=O)O)n2)cc1. The van der Waals surface area contributed by atoms with Crippen molar-refractivity contribution in [1.82, 2.24) is 4.98 Å². The van der Waals surface area contributed by atoms with Crippen LogP contribution in [0.1, 0.15) is 21.7 Å². The second-order valence-corrected chi connectivity index (χ2v) is 6.38. The van der Waals surface area contributed by atoms with E-state index in [1.54, 1.807) is 12.1 Å². The quantitative estimate of drug-likeness (QED) is 0.932. The van der Waals surface area contributed by atoms with Crippen LogP contribution in [0.5, 0.6) is 0 Å². The lowest BCUT2D eigenvalue weighted by molar-refractivity contribution is 0.0690. The van der Waals surface area contributed by atoms with Crippen molar-refractivity contribution in [2.24, 2.45) is 0 Å². The predicted molar refractivity (Wildman–Crippen MR) is 73.3 cm³/mol. The van der Waals surface area contributed by atoms with Crippen molar-refractivity contribution >= 4 is 15.8 Å². The standard InChI is InChI=1S/C14H13NO4S/c1-10-5-7-12(8-6-10)20(18,19)9-11-3-2-4-13(15-11)14(16)17/h2-8H,9H2,1H3,(H,16,17). The first-order chi connectivity index (χ1) is 9.38. The maximum Gasteiger partial charge on any atom is 0.354 e. The van der Waals surface area contributed by atoms with Crippen molar-refractivity contribution in [3.63, 3.8) is 0 Å². The summed E-state index contributed by atoms with van der Waals surface area (Å²) in [5, 5.41) is 8.84. The highest BCUT2D eigenvalue weighted by Crippen LogP contribution is 2.16. The fourth-order valence-electron chi connectivity index (χ4n) is 1.70. The average Bonchev–Trinajstić information content (AvgIpc) is 2.39. The Balaban J connectivity index is 2.31. The lowest BCUT2D eigenvalue weighted by Gasteiger charge is -2.05. The summed E-state index contributed by atoms with van der Waals surface area (Å²) in [6, 6.07) is 10.8. The number of sulfone groups is 1. The molecule has 0 unspecified atom stereocenters. The zero-order valence-corrected chi connectivity index (χ0v) is 11.6. The Morgan fingerprint density at radius 2 is 1.80 bits per heavy atom. The minimum atomic E-state index is -3.53. The first-order valence-electron chi connectivity index (χ1n) is 5.87. The highest BCUT2D eigenvalue weighted by molar-refractivity contribution is 7.90. The number of carbonyl (C=O) groups is 1. The number of rotatable bonds is 4. The fourth-order valence-corrected chi connectivity index (χ4v) is 2.97. The molecule has 0 amide bonds. The predicted octanol–water partition coefficient (Wildman–Crippen LogP) is 2.06. The maximum atomic E-state index is 12.2. The Bertz CT molecular complexity index is 736. The second kappa shape index (κ2) is 5.42. The van der Waals surface area contributed by atoms with Crippen LogP contribution in [0.25, 0.3) is 0 Å². The average molecular weight is 291 g/mol. The van der Waals surface area contributed by atoms with Crippen molar-refractivity contribution < 1.29 is 18.3 Å². The number of pyridine rings is 1. The molecule has 1 aromatic carbocycles. The molecule has 20 heavy (non-hydrogen) atoms. The molecule has 0 saturated carbocycles. The van der Waals surface area contributed by atoms with E-state index in [9.17, 15) is 13.2 Å². The van der Waals surface area contributed by atoms with Crippen molar-refractivity contribution in [1.29, 1.82) is 0 Å². The summed E-state index contributed by atoms with van der Waals surface area (Å²) in [6.07, 6.45) is 0. The first kappa shape index (κ1) is 14.2. The summed E-state index contributed by atoms with van der Waals surface area (Å²) in [5.74, 6) is -1.50. The highest BCUT2D eigenvalue weighted by Gasteiger charge is 2.17. The molecular formula is C14H13NO4S. The molecule has 0 bridgehead atoms. The van der Waals surface area contributed by atoms with E-state index in [0.29, 0.717) is 0 Å². The van der Waals surface area contributed by atoms with Gasteiger partial charge in [0.15, 0.2) is 9.84 Å². The summed E-state index contributed by atoms with van der Waals surface area (Å²) in [4.78, 5) is 14.8. The van der Waals surface area contributed by atoms with E-state index < -0.39 is 15.8 Å². The van der Waals surface area contributed by atoms with Gasteiger partial charge in [0.05, 0.1) is 16.3 Å².